The van der Waals surface area contributed by atoms with Crippen LogP contribution in [0.3, 0.4) is 0 Å². The van der Waals surface area contributed by atoms with Crippen molar-refractivity contribution in [3.63, 3.8) is 0 Å². The lowest BCUT2D eigenvalue weighted by molar-refractivity contribution is -0.109. The molecule has 0 aromatic heterocycles. The topological polar surface area (TPSA) is 17.1 Å². The van der Waals surface area contributed by atoms with Gasteiger partial charge >= 0.3 is 0 Å². The zero-order chi connectivity index (χ0) is 14.2. The van der Waals surface area contributed by atoms with E-state index in [2.05, 4.69) is 50.3 Å². The Balaban J connectivity index is 1.63. The first kappa shape index (κ1) is 13.9. The third-order valence-electron chi connectivity index (χ3n) is 5.89. The summed E-state index contributed by atoms with van der Waals surface area (Å²) in [5, 5.41) is 0. The van der Waals surface area contributed by atoms with Crippen molar-refractivity contribution in [1.29, 1.82) is 0 Å². The largest absolute Gasteiger partial charge is 0.303 e. The Hall–Kier alpha value is -1.11. The average Bonchev–Trinajstić information content (AvgIpc) is 3.29. The van der Waals surface area contributed by atoms with E-state index in [0.29, 0.717) is 29.6 Å². The lowest BCUT2D eigenvalue weighted by Crippen LogP contribution is -2.29. The summed E-state index contributed by atoms with van der Waals surface area (Å²) in [5.41, 5.74) is 0.287. The molecule has 1 saturated carbocycles. The Morgan fingerprint density at radius 3 is 2.45 bits per heavy atom. The van der Waals surface area contributed by atoms with Crippen LogP contribution in [-0.2, 0) is 4.79 Å². The smallest absolute Gasteiger partial charge is 0.123 e. The van der Waals surface area contributed by atoms with Crippen LogP contribution in [0.15, 0.2) is 36.5 Å². The molecule has 0 aromatic carbocycles. The number of aldehydes is 1. The summed E-state index contributed by atoms with van der Waals surface area (Å²) < 4.78 is 0. The minimum absolute atomic E-state index is 0.287. The molecule has 3 rings (SSSR count). The molecule has 0 heterocycles. The van der Waals surface area contributed by atoms with Crippen LogP contribution in [0.2, 0.25) is 0 Å². The number of rotatable bonds is 4. The van der Waals surface area contributed by atoms with E-state index >= 15 is 0 Å². The van der Waals surface area contributed by atoms with Gasteiger partial charge in [-0.05, 0) is 54.8 Å². The zero-order valence-corrected chi connectivity index (χ0v) is 12.7. The number of carbonyl (C=O) groups is 1. The van der Waals surface area contributed by atoms with E-state index < -0.39 is 0 Å². The summed E-state index contributed by atoms with van der Waals surface area (Å²) in [6, 6.07) is 0. The Morgan fingerprint density at radius 2 is 1.90 bits per heavy atom. The van der Waals surface area contributed by atoms with E-state index in [1.807, 2.05) is 0 Å². The third-order valence-corrected chi connectivity index (χ3v) is 5.89. The molecule has 3 aliphatic carbocycles. The molecule has 0 N–H and O–H groups in total. The zero-order valence-electron chi connectivity index (χ0n) is 12.7. The highest BCUT2D eigenvalue weighted by Crippen LogP contribution is 2.55. The highest BCUT2D eigenvalue weighted by Gasteiger charge is 2.50. The molecule has 108 valence electrons. The molecule has 0 spiro atoms. The molecule has 0 amide bonds. The van der Waals surface area contributed by atoms with Gasteiger partial charge in [0, 0.05) is 5.92 Å². The lowest BCUT2D eigenvalue weighted by atomic mass is 9.67. The Bertz CT molecular complexity index is 454. The van der Waals surface area contributed by atoms with Gasteiger partial charge in [0.15, 0.2) is 0 Å². The minimum Gasteiger partial charge on any atom is -0.303 e. The highest BCUT2D eigenvalue weighted by atomic mass is 16.1. The molecule has 1 heteroatoms. The normalized spacial score (nSPS) is 39.8. The third kappa shape index (κ3) is 2.55. The summed E-state index contributed by atoms with van der Waals surface area (Å²) in [6.07, 6.45) is 20.0. The molecule has 0 aromatic rings. The molecule has 0 saturated heterocycles. The first-order valence-electron chi connectivity index (χ1n) is 8.10. The Kier molecular flexibility index (Phi) is 3.70. The molecule has 0 radical (unpaired) electrons. The molecule has 1 fully saturated rings. The fraction of sp³-hybridized carbons (Fsp3) is 0.632. The van der Waals surface area contributed by atoms with E-state index in [4.69, 9.17) is 0 Å². The summed E-state index contributed by atoms with van der Waals surface area (Å²) in [7, 11) is 0. The van der Waals surface area contributed by atoms with Crippen LogP contribution in [-0.4, -0.2) is 6.29 Å². The van der Waals surface area contributed by atoms with Crippen molar-refractivity contribution in [3.8, 4) is 0 Å². The fourth-order valence-electron chi connectivity index (χ4n) is 4.23. The number of hydrogen-bond acceptors (Lipinski definition) is 1. The van der Waals surface area contributed by atoms with Gasteiger partial charge in [-0.3, -0.25) is 0 Å². The van der Waals surface area contributed by atoms with Crippen molar-refractivity contribution in [2.45, 2.75) is 39.5 Å². The van der Waals surface area contributed by atoms with Gasteiger partial charge in [0.05, 0.1) is 0 Å². The Labute approximate surface area is 122 Å². The number of allylic oxidation sites excluding steroid dienone is 6. The fourth-order valence-corrected chi connectivity index (χ4v) is 4.23. The van der Waals surface area contributed by atoms with E-state index in [1.165, 1.54) is 25.5 Å². The minimum atomic E-state index is 0.287. The first-order chi connectivity index (χ1) is 9.63. The molecule has 5 atom stereocenters. The van der Waals surface area contributed by atoms with E-state index in [1.54, 1.807) is 0 Å². The summed E-state index contributed by atoms with van der Waals surface area (Å²) in [4.78, 5) is 10.9. The van der Waals surface area contributed by atoms with E-state index in [-0.39, 0.29) is 5.41 Å². The second kappa shape index (κ2) is 5.35. The van der Waals surface area contributed by atoms with Crippen LogP contribution >= 0.6 is 0 Å². The van der Waals surface area contributed by atoms with Gasteiger partial charge < -0.3 is 4.79 Å². The number of hydrogen-bond donors (Lipinski definition) is 0. The summed E-state index contributed by atoms with van der Waals surface area (Å²) >= 11 is 0. The van der Waals surface area contributed by atoms with Crippen LogP contribution in [0.5, 0.6) is 0 Å². The predicted octanol–water partition coefficient (Wildman–Crippen LogP) is 4.56. The Morgan fingerprint density at radius 1 is 1.05 bits per heavy atom. The van der Waals surface area contributed by atoms with Crippen molar-refractivity contribution >= 4 is 6.29 Å². The molecular weight excluding hydrogens is 244 g/mol. The standard InChI is InChI=1S/C19H26O/c1-19(2,18-12-16(18)13-20)17-10-8-15(9-11-17)14-6-4-3-5-7-14/h3-6,8,10,13-18H,7,9,11-12H2,1-2H3/t14?,15?,16-,17?,18?/m0/s1. The van der Waals surface area contributed by atoms with Gasteiger partial charge in [0.2, 0.25) is 0 Å². The summed E-state index contributed by atoms with van der Waals surface area (Å²) in [6.45, 7) is 4.72. The van der Waals surface area contributed by atoms with Crippen molar-refractivity contribution < 1.29 is 4.79 Å². The lowest BCUT2D eigenvalue weighted by Gasteiger charge is -2.37. The van der Waals surface area contributed by atoms with Gasteiger partial charge in [0.25, 0.3) is 0 Å². The van der Waals surface area contributed by atoms with Crippen LogP contribution in [0.1, 0.15) is 39.5 Å². The molecule has 0 aliphatic heterocycles. The van der Waals surface area contributed by atoms with Crippen LogP contribution in [0, 0.1) is 35.0 Å². The van der Waals surface area contributed by atoms with Gasteiger partial charge in [-0.25, -0.2) is 0 Å². The highest BCUT2D eigenvalue weighted by molar-refractivity contribution is 5.58. The second-order valence-electron chi connectivity index (χ2n) is 7.41. The second-order valence-corrected chi connectivity index (χ2v) is 7.41. The van der Waals surface area contributed by atoms with Crippen molar-refractivity contribution in [2.24, 2.45) is 35.0 Å². The van der Waals surface area contributed by atoms with Crippen LogP contribution < -0.4 is 0 Å². The maximum absolute atomic E-state index is 10.9. The molecule has 1 nitrogen and oxygen atoms in total. The van der Waals surface area contributed by atoms with Crippen molar-refractivity contribution in [2.75, 3.05) is 0 Å². The predicted molar refractivity (Wildman–Crippen MR) is 83.2 cm³/mol. The van der Waals surface area contributed by atoms with E-state index in [0.717, 1.165) is 6.42 Å². The summed E-state index contributed by atoms with van der Waals surface area (Å²) in [5.74, 6) is 3.01. The maximum Gasteiger partial charge on any atom is 0.123 e. The monoisotopic (exact) mass is 270 g/mol. The molecule has 4 unspecified atom stereocenters. The average molecular weight is 270 g/mol. The molecule has 3 aliphatic rings. The SMILES string of the molecule is CC(C)(C1C=CC(C2C=CC=CC2)CC1)C1C[C@H]1C=O. The van der Waals surface area contributed by atoms with Crippen LogP contribution in [0.25, 0.3) is 0 Å². The van der Waals surface area contributed by atoms with Gasteiger partial charge in [0.1, 0.15) is 6.29 Å². The van der Waals surface area contributed by atoms with Crippen molar-refractivity contribution in [1.82, 2.24) is 0 Å². The van der Waals surface area contributed by atoms with Gasteiger partial charge in [-0.2, -0.15) is 0 Å². The van der Waals surface area contributed by atoms with E-state index in [9.17, 15) is 4.79 Å². The van der Waals surface area contributed by atoms with Crippen molar-refractivity contribution in [3.05, 3.63) is 36.5 Å². The quantitative estimate of drug-likeness (QED) is 0.540. The van der Waals surface area contributed by atoms with Gasteiger partial charge in [-0.1, -0.05) is 50.3 Å². The molecule has 0 bridgehead atoms. The first-order valence-corrected chi connectivity index (χ1v) is 8.10. The maximum atomic E-state index is 10.9. The number of carbonyl (C=O) groups excluding carboxylic acids is 1. The molecular formula is C19H26O. The van der Waals surface area contributed by atoms with Gasteiger partial charge in [-0.15, -0.1) is 0 Å². The van der Waals surface area contributed by atoms with Crippen LogP contribution in [0.4, 0.5) is 0 Å². The molecule has 20 heavy (non-hydrogen) atoms.